The van der Waals surface area contributed by atoms with Crippen LogP contribution < -0.4 is 10.6 Å². The van der Waals surface area contributed by atoms with Crippen LogP contribution in [0.5, 0.6) is 5.75 Å². The van der Waals surface area contributed by atoms with Gasteiger partial charge in [-0.25, -0.2) is 8.78 Å². The summed E-state index contributed by atoms with van der Waals surface area (Å²) in [6, 6.07) is 8.59. The molecule has 1 aliphatic rings. The molecule has 9 nitrogen and oxygen atoms in total. The number of aromatic hydroxyl groups is 1. The fourth-order valence-corrected chi connectivity index (χ4v) is 5.23. The van der Waals surface area contributed by atoms with E-state index in [-0.39, 0.29) is 17.7 Å². The third-order valence-corrected chi connectivity index (χ3v) is 8.00. The van der Waals surface area contributed by atoms with Crippen LogP contribution in [0, 0.1) is 19.3 Å². The summed E-state index contributed by atoms with van der Waals surface area (Å²) >= 11 is 0. The van der Waals surface area contributed by atoms with E-state index in [0.717, 1.165) is 4.90 Å². The van der Waals surface area contributed by atoms with E-state index >= 15 is 8.78 Å². The van der Waals surface area contributed by atoms with Gasteiger partial charge in [0.05, 0.1) is 18.0 Å². The number of nitrogens with one attached hydrogen (secondary N) is 2. The van der Waals surface area contributed by atoms with Crippen molar-refractivity contribution in [1.82, 2.24) is 15.5 Å². The van der Waals surface area contributed by atoms with Crippen molar-refractivity contribution in [3.8, 4) is 5.75 Å². The number of nitrogens with zero attached hydrogens (tertiary/aromatic N) is 1. The molecule has 2 aromatic rings. The fourth-order valence-electron chi connectivity index (χ4n) is 5.23. The summed E-state index contributed by atoms with van der Waals surface area (Å²) in [7, 11) is 1.50. The van der Waals surface area contributed by atoms with Crippen LogP contribution in [0.15, 0.2) is 42.5 Å². The number of carbonyl (C=O) groups is 3. The second kappa shape index (κ2) is 13.2. The Labute approximate surface area is 245 Å². The van der Waals surface area contributed by atoms with E-state index in [9.17, 15) is 24.6 Å². The van der Waals surface area contributed by atoms with E-state index < -0.39 is 59.8 Å². The minimum absolute atomic E-state index is 0.00509. The third-order valence-electron chi connectivity index (χ3n) is 8.00. The van der Waals surface area contributed by atoms with Gasteiger partial charge in [0.15, 0.2) is 6.10 Å². The number of phenolic OH excluding ortho intramolecular Hbond substituents is 1. The first-order valence-corrected chi connectivity index (χ1v) is 13.9. The van der Waals surface area contributed by atoms with Crippen molar-refractivity contribution in [3.63, 3.8) is 0 Å². The Morgan fingerprint density at radius 2 is 1.76 bits per heavy atom. The summed E-state index contributed by atoms with van der Waals surface area (Å²) in [5.41, 5.74) is -0.206. The number of aliphatic hydroxyl groups is 1. The van der Waals surface area contributed by atoms with Gasteiger partial charge in [0.2, 0.25) is 5.91 Å². The molecule has 1 heterocycles. The Kier molecular flexibility index (Phi) is 10.3. The molecule has 3 rings (SSSR count). The highest BCUT2D eigenvalue weighted by molar-refractivity contribution is 5.97. The molecule has 0 bridgehead atoms. The number of aliphatic hydroxyl groups excluding tert-OH is 1. The molecule has 1 saturated heterocycles. The maximum atomic E-state index is 15.3. The first-order valence-electron chi connectivity index (χ1n) is 13.9. The van der Waals surface area contributed by atoms with E-state index in [1.54, 1.807) is 57.2 Å². The summed E-state index contributed by atoms with van der Waals surface area (Å²) in [5.74, 6) is -6.06. The lowest BCUT2D eigenvalue weighted by atomic mass is 9.81. The van der Waals surface area contributed by atoms with Crippen LogP contribution in [-0.4, -0.2) is 83.2 Å². The topological polar surface area (TPSA) is 128 Å². The van der Waals surface area contributed by atoms with Crippen molar-refractivity contribution in [2.24, 2.45) is 5.41 Å². The summed E-state index contributed by atoms with van der Waals surface area (Å²) in [4.78, 5) is 41.2. The number of halogens is 2. The lowest BCUT2D eigenvalue weighted by Crippen LogP contribution is -2.58. The molecule has 0 aromatic heterocycles. The quantitative estimate of drug-likeness (QED) is 0.319. The summed E-state index contributed by atoms with van der Waals surface area (Å²) in [6.07, 6.45) is -1.53. The monoisotopic (exact) mass is 589 g/mol. The molecule has 4 N–H and O–H groups in total. The molecular formula is C31H41F2N3O6. The second-order valence-corrected chi connectivity index (χ2v) is 11.7. The Morgan fingerprint density at radius 3 is 2.38 bits per heavy atom. The summed E-state index contributed by atoms with van der Waals surface area (Å²) < 4.78 is 35.6. The van der Waals surface area contributed by atoms with E-state index in [4.69, 9.17) is 4.74 Å². The highest BCUT2D eigenvalue weighted by Gasteiger charge is 2.64. The van der Waals surface area contributed by atoms with Crippen molar-refractivity contribution >= 4 is 17.7 Å². The summed E-state index contributed by atoms with van der Waals surface area (Å²) in [6.45, 7) is 6.66. The molecule has 11 heteroatoms. The molecule has 0 radical (unpaired) electrons. The number of rotatable bonds is 11. The van der Waals surface area contributed by atoms with Crippen LogP contribution in [0.1, 0.15) is 54.2 Å². The van der Waals surface area contributed by atoms with E-state index in [0.29, 0.717) is 29.7 Å². The van der Waals surface area contributed by atoms with Crippen LogP contribution in [0.3, 0.4) is 0 Å². The van der Waals surface area contributed by atoms with Gasteiger partial charge in [-0.05, 0) is 56.9 Å². The number of phenols is 1. The predicted molar refractivity (Wildman–Crippen MR) is 153 cm³/mol. The van der Waals surface area contributed by atoms with Crippen molar-refractivity contribution in [2.45, 2.75) is 77.6 Å². The van der Waals surface area contributed by atoms with Crippen molar-refractivity contribution in [3.05, 3.63) is 64.7 Å². The van der Waals surface area contributed by atoms with Gasteiger partial charge in [-0.3, -0.25) is 14.4 Å². The van der Waals surface area contributed by atoms with Gasteiger partial charge in [-0.2, -0.15) is 0 Å². The minimum atomic E-state index is -3.44. The largest absolute Gasteiger partial charge is 0.508 e. The van der Waals surface area contributed by atoms with E-state index in [1.807, 2.05) is 0 Å². The van der Waals surface area contributed by atoms with Gasteiger partial charge in [-0.15, -0.1) is 0 Å². The Morgan fingerprint density at radius 1 is 1.12 bits per heavy atom. The fraction of sp³-hybridized carbons (Fsp3) is 0.516. The molecule has 0 aliphatic carbocycles. The predicted octanol–water partition coefficient (Wildman–Crippen LogP) is 3.12. The lowest BCUT2D eigenvalue weighted by molar-refractivity contribution is -0.148. The first-order chi connectivity index (χ1) is 19.6. The zero-order valence-corrected chi connectivity index (χ0v) is 24.9. The highest BCUT2D eigenvalue weighted by Crippen LogP contribution is 2.48. The Balaban J connectivity index is 1.94. The molecule has 0 spiro atoms. The second-order valence-electron chi connectivity index (χ2n) is 11.7. The third kappa shape index (κ3) is 7.07. The number of aryl methyl sites for hydroxylation is 1. The van der Waals surface area contributed by atoms with Gasteiger partial charge in [0, 0.05) is 30.9 Å². The van der Waals surface area contributed by atoms with E-state index in [2.05, 4.69) is 10.6 Å². The van der Waals surface area contributed by atoms with Crippen LogP contribution >= 0.6 is 0 Å². The van der Waals surface area contributed by atoms with Gasteiger partial charge >= 0.3 is 0 Å². The number of ether oxygens (including phenoxy) is 1. The highest BCUT2D eigenvalue weighted by atomic mass is 19.3. The number of likely N-dealkylation sites (tertiary alicyclic amines) is 1. The first kappa shape index (κ1) is 32.9. The molecule has 42 heavy (non-hydrogen) atoms. The average Bonchev–Trinajstić information content (AvgIpc) is 3.12. The average molecular weight is 590 g/mol. The molecule has 3 amide bonds. The van der Waals surface area contributed by atoms with Crippen molar-refractivity contribution in [1.29, 1.82) is 0 Å². The Hall–Kier alpha value is -3.57. The van der Waals surface area contributed by atoms with Gasteiger partial charge < -0.3 is 30.5 Å². The zero-order valence-electron chi connectivity index (χ0n) is 24.9. The lowest BCUT2D eigenvalue weighted by Gasteiger charge is -2.35. The smallest absolute Gasteiger partial charge is 0.272 e. The minimum Gasteiger partial charge on any atom is -0.508 e. The van der Waals surface area contributed by atoms with E-state index in [1.165, 1.54) is 27.0 Å². The molecule has 1 fully saturated rings. The van der Waals surface area contributed by atoms with Gasteiger partial charge in [-0.1, -0.05) is 44.2 Å². The molecule has 0 unspecified atom stereocenters. The number of alkyl halides is 2. The number of methoxy groups -OCH3 is 1. The van der Waals surface area contributed by atoms with Crippen molar-refractivity contribution in [2.75, 3.05) is 20.3 Å². The zero-order chi connectivity index (χ0) is 31.4. The Bertz CT molecular complexity index is 1290. The number of hydrogen-bond acceptors (Lipinski definition) is 6. The standard InChI is InChI=1S/C31H41F2N3O6/c1-18-14-22(20(3)24(37)15-18)27(39)35-23(16-21-10-8-7-9-11-21)25(38)29(41)36-17-31(32,33)30(4,5)26(36)28(40)34-19(2)12-13-42-6/h7-11,14-15,19,23,25-26,37-38H,12-13,16-17H2,1-6H3,(H,34,40)(H,35,39)/t19-,23-,25-,26+/m0/s1. The molecule has 4 atom stereocenters. The van der Waals surface area contributed by atoms with Gasteiger partial charge in [0.25, 0.3) is 17.7 Å². The van der Waals surface area contributed by atoms with Crippen LogP contribution in [0.4, 0.5) is 8.78 Å². The number of hydrogen-bond donors (Lipinski definition) is 4. The maximum Gasteiger partial charge on any atom is 0.272 e. The van der Waals surface area contributed by atoms with Crippen LogP contribution in [0.25, 0.3) is 0 Å². The van der Waals surface area contributed by atoms with Gasteiger partial charge in [0.1, 0.15) is 11.8 Å². The molecule has 1 aliphatic heterocycles. The maximum absolute atomic E-state index is 15.3. The molecular weight excluding hydrogens is 548 g/mol. The number of amides is 3. The number of carbonyl (C=O) groups excluding carboxylic acids is 3. The molecule has 2 aromatic carbocycles. The normalized spacial score (nSPS) is 19.5. The number of benzene rings is 2. The molecule has 230 valence electrons. The molecule has 0 saturated carbocycles. The SMILES string of the molecule is COCC[C@H](C)NC(=O)[C@H]1N(C(=O)[C@@H](O)[C@H](Cc2ccccc2)NC(=O)c2cc(C)cc(O)c2C)CC(F)(F)C1(C)C. The van der Waals surface area contributed by atoms with Crippen LogP contribution in [-0.2, 0) is 20.7 Å². The summed E-state index contributed by atoms with van der Waals surface area (Å²) in [5, 5.41) is 27.0. The van der Waals surface area contributed by atoms with Crippen LogP contribution in [0.2, 0.25) is 0 Å². The van der Waals surface area contributed by atoms with Crippen molar-refractivity contribution < 1.29 is 38.1 Å².